The zero-order chi connectivity index (χ0) is 18.7. The molecule has 1 N–H and O–H groups in total. The van der Waals surface area contributed by atoms with Crippen LogP contribution in [0.4, 0.5) is 4.79 Å². The molecule has 0 spiro atoms. The monoisotopic (exact) mass is 357 g/mol. The van der Waals surface area contributed by atoms with Crippen molar-refractivity contribution in [3.63, 3.8) is 0 Å². The molecule has 4 amide bonds. The number of hydrogen-bond donors (Lipinski definition) is 1. The van der Waals surface area contributed by atoms with E-state index < -0.39 is 17.6 Å². The first-order chi connectivity index (χ1) is 12.4. The van der Waals surface area contributed by atoms with Crippen LogP contribution in [-0.2, 0) is 16.0 Å². The molecule has 0 aromatic heterocycles. The number of carbonyl (C=O) groups is 3. The number of piperidine rings is 1. The Labute approximate surface area is 154 Å². The van der Waals surface area contributed by atoms with Crippen molar-refractivity contribution in [1.29, 1.82) is 0 Å². The molecule has 0 unspecified atom stereocenters. The van der Waals surface area contributed by atoms with Gasteiger partial charge in [-0.3, -0.25) is 9.59 Å². The third-order valence-electron chi connectivity index (χ3n) is 5.46. The Morgan fingerprint density at radius 2 is 1.81 bits per heavy atom. The molecule has 0 radical (unpaired) electrons. The number of urea groups is 1. The highest BCUT2D eigenvalue weighted by Gasteiger charge is 2.50. The van der Waals surface area contributed by atoms with Gasteiger partial charge in [-0.15, -0.1) is 0 Å². The predicted molar refractivity (Wildman–Crippen MR) is 98.4 cm³/mol. The van der Waals surface area contributed by atoms with Gasteiger partial charge in [0.15, 0.2) is 0 Å². The van der Waals surface area contributed by atoms with Gasteiger partial charge in [-0.2, -0.15) is 0 Å². The summed E-state index contributed by atoms with van der Waals surface area (Å²) in [6, 6.07) is 8.64. The van der Waals surface area contributed by atoms with E-state index >= 15 is 0 Å². The van der Waals surface area contributed by atoms with Gasteiger partial charge in [0.25, 0.3) is 5.91 Å². The van der Waals surface area contributed by atoms with E-state index in [4.69, 9.17) is 0 Å². The van der Waals surface area contributed by atoms with Crippen molar-refractivity contribution < 1.29 is 14.4 Å². The Morgan fingerprint density at radius 3 is 2.46 bits per heavy atom. The standard InChI is InChI=1S/C20H27N3O3/c1-15(17(24)22-13-7-4-8-14-22)23-18(25)20(2,21-19(23)26)12-11-16-9-5-3-6-10-16/h3,5-6,9-10,15H,4,7-8,11-14H2,1-2H3,(H,21,26)/t15-,20-/m1/s1. The summed E-state index contributed by atoms with van der Waals surface area (Å²) in [6.45, 7) is 4.81. The van der Waals surface area contributed by atoms with Crippen LogP contribution >= 0.6 is 0 Å². The number of benzene rings is 1. The first-order valence-electron chi connectivity index (χ1n) is 9.41. The summed E-state index contributed by atoms with van der Waals surface area (Å²) in [4.78, 5) is 41.0. The Bertz CT molecular complexity index is 685. The quantitative estimate of drug-likeness (QED) is 0.822. The fourth-order valence-electron chi connectivity index (χ4n) is 3.76. The van der Waals surface area contributed by atoms with Crippen LogP contribution in [0.3, 0.4) is 0 Å². The number of likely N-dealkylation sites (tertiary alicyclic amines) is 1. The van der Waals surface area contributed by atoms with Crippen LogP contribution in [0.25, 0.3) is 0 Å². The van der Waals surface area contributed by atoms with Crippen LogP contribution in [0.15, 0.2) is 30.3 Å². The molecule has 0 aliphatic carbocycles. The summed E-state index contributed by atoms with van der Waals surface area (Å²) in [5.41, 5.74) is 0.148. The van der Waals surface area contributed by atoms with Gasteiger partial charge >= 0.3 is 6.03 Å². The predicted octanol–water partition coefficient (Wildman–Crippen LogP) is 2.33. The number of hydrogen-bond acceptors (Lipinski definition) is 3. The van der Waals surface area contributed by atoms with Gasteiger partial charge in [-0.1, -0.05) is 30.3 Å². The fraction of sp³-hybridized carbons (Fsp3) is 0.550. The van der Waals surface area contributed by atoms with Crippen molar-refractivity contribution in [3.8, 4) is 0 Å². The Balaban J connectivity index is 1.68. The molecule has 2 fully saturated rings. The van der Waals surface area contributed by atoms with Crippen LogP contribution in [0.2, 0.25) is 0 Å². The minimum absolute atomic E-state index is 0.138. The third kappa shape index (κ3) is 3.59. The highest BCUT2D eigenvalue weighted by molar-refractivity contribution is 6.09. The first kappa shape index (κ1) is 18.4. The third-order valence-corrected chi connectivity index (χ3v) is 5.46. The fourth-order valence-corrected chi connectivity index (χ4v) is 3.76. The molecule has 1 aromatic carbocycles. The van der Waals surface area contributed by atoms with Crippen LogP contribution in [-0.4, -0.2) is 52.3 Å². The number of aryl methyl sites for hydroxylation is 1. The van der Waals surface area contributed by atoms with Gasteiger partial charge in [0.2, 0.25) is 5.91 Å². The average Bonchev–Trinajstić information content (AvgIpc) is 2.89. The molecule has 1 aromatic rings. The van der Waals surface area contributed by atoms with Gasteiger partial charge in [0, 0.05) is 13.1 Å². The molecule has 6 heteroatoms. The largest absolute Gasteiger partial charge is 0.341 e. The molecule has 26 heavy (non-hydrogen) atoms. The van der Waals surface area contributed by atoms with Crippen LogP contribution < -0.4 is 5.32 Å². The second kappa shape index (κ2) is 7.48. The van der Waals surface area contributed by atoms with E-state index in [0.29, 0.717) is 25.9 Å². The summed E-state index contributed by atoms with van der Waals surface area (Å²) < 4.78 is 0. The van der Waals surface area contributed by atoms with Crippen molar-refractivity contribution in [1.82, 2.24) is 15.1 Å². The number of carbonyl (C=O) groups excluding carboxylic acids is 3. The Morgan fingerprint density at radius 1 is 1.15 bits per heavy atom. The maximum absolute atomic E-state index is 13.0. The topological polar surface area (TPSA) is 69.7 Å². The summed E-state index contributed by atoms with van der Waals surface area (Å²) in [7, 11) is 0. The van der Waals surface area contributed by atoms with Crippen LogP contribution in [0.5, 0.6) is 0 Å². The molecule has 0 bridgehead atoms. The highest BCUT2D eigenvalue weighted by atomic mass is 16.2. The molecule has 2 atom stereocenters. The lowest BCUT2D eigenvalue weighted by atomic mass is 9.93. The number of amides is 4. The Hall–Kier alpha value is -2.37. The van der Waals surface area contributed by atoms with E-state index in [1.54, 1.807) is 18.7 Å². The van der Waals surface area contributed by atoms with Crippen molar-refractivity contribution in [2.75, 3.05) is 13.1 Å². The lowest BCUT2D eigenvalue weighted by Gasteiger charge is -2.32. The summed E-state index contributed by atoms with van der Waals surface area (Å²) in [5, 5.41) is 2.81. The van der Waals surface area contributed by atoms with E-state index in [2.05, 4.69) is 5.32 Å². The summed E-state index contributed by atoms with van der Waals surface area (Å²) in [6.07, 6.45) is 4.27. The lowest BCUT2D eigenvalue weighted by molar-refractivity contribution is -0.143. The van der Waals surface area contributed by atoms with E-state index in [1.165, 1.54) is 0 Å². The number of nitrogens with zero attached hydrogens (tertiary/aromatic N) is 2. The second-order valence-corrected chi connectivity index (χ2v) is 7.48. The van der Waals surface area contributed by atoms with Crippen molar-refractivity contribution >= 4 is 17.8 Å². The molecular formula is C20H27N3O3. The van der Waals surface area contributed by atoms with Crippen LogP contribution in [0, 0.1) is 0 Å². The van der Waals surface area contributed by atoms with Gasteiger partial charge in [-0.25, -0.2) is 9.69 Å². The molecule has 140 valence electrons. The van der Waals surface area contributed by atoms with E-state index in [-0.39, 0.29) is 11.8 Å². The minimum atomic E-state index is -0.969. The van der Waals surface area contributed by atoms with E-state index in [0.717, 1.165) is 29.7 Å². The van der Waals surface area contributed by atoms with Gasteiger partial charge in [-0.05, 0) is 51.5 Å². The highest BCUT2D eigenvalue weighted by Crippen LogP contribution is 2.26. The molecule has 2 aliphatic heterocycles. The molecule has 2 saturated heterocycles. The summed E-state index contributed by atoms with van der Waals surface area (Å²) >= 11 is 0. The molecule has 0 saturated carbocycles. The minimum Gasteiger partial charge on any atom is -0.341 e. The first-order valence-corrected chi connectivity index (χ1v) is 9.41. The number of nitrogens with one attached hydrogen (secondary N) is 1. The smallest absolute Gasteiger partial charge is 0.325 e. The average molecular weight is 357 g/mol. The maximum atomic E-state index is 13.0. The van der Waals surface area contributed by atoms with Gasteiger partial charge in [0.05, 0.1) is 0 Å². The van der Waals surface area contributed by atoms with E-state index in [9.17, 15) is 14.4 Å². The molecular weight excluding hydrogens is 330 g/mol. The zero-order valence-electron chi connectivity index (χ0n) is 15.5. The van der Waals surface area contributed by atoms with Crippen molar-refractivity contribution in [2.24, 2.45) is 0 Å². The Kier molecular flexibility index (Phi) is 5.30. The molecule has 2 aliphatic rings. The summed E-state index contributed by atoms with van der Waals surface area (Å²) in [5.74, 6) is -0.447. The lowest BCUT2D eigenvalue weighted by Crippen LogP contribution is -2.52. The van der Waals surface area contributed by atoms with Crippen LogP contribution in [0.1, 0.15) is 45.1 Å². The van der Waals surface area contributed by atoms with E-state index in [1.807, 2.05) is 30.3 Å². The molecule has 3 rings (SSSR count). The number of rotatable bonds is 5. The molecule has 6 nitrogen and oxygen atoms in total. The molecule has 2 heterocycles. The zero-order valence-corrected chi connectivity index (χ0v) is 15.5. The van der Waals surface area contributed by atoms with Crippen molar-refractivity contribution in [2.45, 2.75) is 57.5 Å². The maximum Gasteiger partial charge on any atom is 0.325 e. The van der Waals surface area contributed by atoms with Gasteiger partial charge < -0.3 is 10.2 Å². The second-order valence-electron chi connectivity index (χ2n) is 7.48. The number of imide groups is 1. The van der Waals surface area contributed by atoms with Crippen molar-refractivity contribution in [3.05, 3.63) is 35.9 Å². The normalized spacial score (nSPS) is 24.5. The van der Waals surface area contributed by atoms with Gasteiger partial charge in [0.1, 0.15) is 11.6 Å². The SMILES string of the molecule is C[C@H](C(=O)N1CCCCC1)N1C(=O)N[C@](C)(CCc2ccccc2)C1=O.